The average Bonchev–Trinajstić information content (AvgIpc) is 3.01. The van der Waals surface area contributed by atoms with Crippen LogP contribution in [-0.4, -0.2) is 39.7 Å². The first-order valence-corrected chi connectivity index (χ1v) is 15.8. The van der Waals surface area contributed by atoms with Gasteiger partial charge in [-0.25, -0.2) is 9.97 Å². The Morgan fingerprint density at radius 1 is 1.00 bits per heavy atom. The Balaban J connectivity index is 0.00000192. The lowest BCUT2D eigenvalue weighted by Gasteiger charge is -2.45. The molecule has 2 atom stereocenters. The van der Waals surface area contributed by atoms with E-state index >= 15 is 0 Å². The van der Waals surface area contributed by atoms with Crippen molar-refractivity contribution in [3.8, 4) is 0 Å². The van der Waals surface area contributed by atoms with Gasteiger partial charge in [-0.15, -0.1) is 0 Å². The van der Waals surface area contributed by atoms with Gasteiger partial charge in [0, 0.05) is 25.2 Å². The average molecular weight is 684 g/mol. The largest absolute Gasteiger partial charge is 0.416 e. The lowest BCUT2D eigenvalue weighted by molar-refractivity contribution is -0.191. The number of anilines is 3. The van der Waals surface area contributed by atoms with E-state index in [0.29, 0.717) is 42.5 Å². The molecular weight excluding hydrogens is 648 g/mol. The molecule has 0 bridgehead atoms. The molecule has 8 nitrogen and oxygen atoms in total. The van der Waals surface area contributed by atoms with E-state index in [9.17, 15) is 31.1 Å². The van der Waals surface area contributed by atoms with Gasteiger partial charge < -0.3 is 10.2 Å². The molecule has 47 heavy (non-hydrogen) atoms. The minimum Gasteiger partial charge on any atom is -0.370 e. The number of aromatic nitrogens is 2. The number of halogens is 6. The molecule has 0 unspecified atom stereocenters. The third kappa shape index (κ3) is 9.48. The van der Waals surface area contributed by atoms with E-state index in [1.165, 1.54) is 18.1 Å². The van der Waals surface area contributed by atoms with E-state index in [4.69, 9.17) is 9.59 Å². The van der Waals surface area contributed by atoms with Crippen LogP contribution in [0.1, 0.15) is 73.9 Å². The predicted molar refractivity (Wildman–Crippen MR) is 167 cm³/mol. The smallest absolute Gasteiger partial charge is 0.370 e. The maximum atomic E-state index is 13.8. The molecule has 15 heteroatoms. The first-order chi connectivity index (χ1) is 22.2. The Morgan fingerprint density at radius 3 is 2.19 bits per heavy atom. The zero-order valence-electron chi connectivity index (χ0n) is 26.2. The summed E-state index contributed by atoms with van der Waals surface area (Å²) in [7, 11) is 0. The number of aryl methyl sites for hydroxylation is 1. The maximum Gasteiger partial charge on any atom is 0.416 e. The molecule has 0 spiro atoms. The Bertz CT molecular complexity index is 1530. The zero-order valence-corrected chi connectivity index (χ0v) is 27.0. The van der Waals surface area contributed by atoms with Crippen LogP contribution in [0.15, 0.2) is 48.8 Å². The summed E-state index contributed by atoms with van der Waals surface area (Å²) in [5.74, 6) is 1.39. The van der Waals surface area contributed by atoms with E-state index in [1.807, 2.05) is 45.9 Å². The number of alkyl halides is 6. The Morgan fingerprint density at radius 2 is 1.64 bits per heavy atom. The van der Waals surface area contributed by atoms with Gasteiger partial charge in [0.2, 0.25) is 0 Å². The van der Waals surface area contributed by atoms with E-state index < -0.39 is 29.5 Å². The number of benzene rings is 2. The lowest BCUT2D eigenvalue weighted by atomic mass is 9.87. The highest BCUT2D eigenvalue weighted by atomic mass is 32.2. The fourth-order valence-electron chi connectivity index (χ4n) is 5.44. The van der Waals surface area contributed by atoms with Gasteiger partial charge >= 0.3 is 18.5 Å². The third-order valence-electron chi connectivity index (χ3n) is 7.48. The molecule has 1 aliphatic rings. The molecule has 3 aromatic rings. The fraction of sp³-hybridized carbons (Fsp3) is 0.438. The van der Waals surface area contributed by atoms with Crippen molar-refractivity contribution in [3.63, 3.8) is 0 Å². The van der Waals surface area contributed by atoms with Crippen molar-refractivity contribution >= 4 is 40.5 Å². The summed E-state index contributed by atoms with van der Waals surface area (Å²) >= 11 is 1.18. The minimum atomic E-state index is -4.98. The number of nitrogens with zero attached hydrogens (tertiary/aromatic N) is 4. The van der Waals surface area contributed by atoms with E-state index in [-0.39, 0.29) is 35.6 Å². The molecule has 1 amide bonds. The molecule has 2 heterocycles. The molecule has 0 aliphatic carbocycles. The van der Waals surface area contributed by atoms with Crippen LogP contribution < -0.4 is 15.1 Å². The number of hydrogen-bond acceptors (Lipinski definition) is 8. The Kier molecular flexibility index (Phi) is 12.8. The van der Waals surface area contributed by atoms with Crippen LogP contribution in [0.4, 0.5) is 48.5 Å². The van der Waals surface area contributed by atoms with Gasteiger partial charge in [0.05, 0.1) is 22.9 Å². The van der Waals surface area contributed by atoms with Crippen molar-refractivity contribution in [2.45, 2.75) is 77.9 Å². The second-order valence-electron chi connectivity index (χ2n) is 10.8. The van der Waals surface area contributed by atoms with Gasteiger partial charge in [-0.1, -0.05) is 50.2 Å². The molecule has 254 valence electrons. The molecule has 1 aromatic heterocycles. The van der Waals surface area contributed by atoms with Crippen LogP contribution in [0.5, 0.6) is 0 Å². The van der Waals surface area contributed by atoms with Crippen LogP contribution in [0, 0.1) is 6.92 Å². The molecular formula is C32H35F6N5O3S. The highest BCUT2D eigenvalue weighted by molar-refractivity contribution is 8.13. The minimum absolute atomic E-state index is 0.116. The van der Waals surface area contributed by atoms with Gasteiger partial charge in [-0.05, 0) is 67.3 Å². The molecule has 0 saturated heterocycles. The summed E-state index contributed by atoms with van der Waals surface area (Å²) in [5.41, 5.74) is -0.635. The van der Waals surface area contributed by atoms with Gasteiger partial charge in [0.1, 0.15) is 18.0 Å². The summed E-state index contributed by atoms with van der Waals surface area (Å²) in [4.78, 5) is 41.7. The summed E-state index contributed by atoms with van der Waals surface area (Å²) in [6.07, 6.45) is -6.61. The molecule has 1 aliphatic heterocycles. The molecule has 0 radical (unpaired) electrons. The Labute approximate surface area is 272 Å². The van der Waals surface area contributed by atoms with Gasteiger partial charge in [0.15, 0.2) is 0 Å². The summed E-state index contributed by atoms with van der Waals surface area (Å²) in [6, 6.07) is 8.15. The topological polar surface area (TPSA) is 95.5 Å². The third-order valence-corrected chi connectivity index (χ3v) is 8.21. The number of thioether (sulfide) groups is 1. The van der Waals surface area contributed by atoms with E-state index in [0.717, 1.165) is 29.7 Å². The van der Waals surface area contributed by atoms with Crippen LogP contribution in [0.3, 0.4) is 0 Å². The van der Waals surface area contributed by atoms with Gasteiger partial charge in [-0.2, -0.15) is 35.9 Å². The van der Waals surface area contributed by atoms with Crippen molar-refractivity contribution in [2.24, 2.45) is 0 Å². The normalized spacial score (nSPS) is 16.0. The molecule has 2 aromatic carbocycles. The predicted octanol–water partition coefficient (Wildman–Crippen LogP) is 8.67. The molecule has 0 fully saturated rings. The number of rotatable bonds is 9. The van der Waals surface area contributed by atoms with Gasteiger partial charge in [0.25, 0.3) is 5.24 Å². The first kappa shape index (κ1) is 37.4. The number of amides is 1. The standard InChI is InChI=1S/C31H35F6N5OS.CO2/c1-5-10-38-27-16-28(40-18-39-27)41(17-20-12-21(30(32,33)34)14-22(13-20)31(35,36)37)26-15-23(6-2)42(29(43)44-7-3)25-9-8-19(4)11-24(25)26;2-1-3/h8-9,11-14,16,18,23,26H,5-7,10,15,17H2,1-4H3,(H,38,39,40);/t23-,26+;/m1./s1. The molecule has 4 rings (SSSR count). The molecule has 0 saturated carbocycles. The lowest BCUT2D eigenvalue weighted by Crippen LogP contribution is -2.46. The number of carbonyl (C=O) groups is 1. The highest BCUT2D eigenvalue weighted by Gasteiger charge is 2.40. The summed E-state index contributed by atoms with van der Waals surface area (Å²) in [6.45, 7) is 8.00. The van der Waals surface area contributed by atoms with Crippen LogP contribution in [0.25, 0.3) is 0 Å². The second kappa shape index (κ2) is 16.1. The highest BCUT2D eigenvalue weighted by Crippen LogP contribution is 2.45. The van der Waals surface area contributed by atoms with E-state index in [1.54, 1.807) is 15.9 Å². The van der Waals surface area contributed by atoms with Crippen molar-refractivity contribution in [1.29, 1.82) is 0 Å². The number of carbonyl (C=O) groups excluding carboxylic acids is 3. The van der Waals surface area contributed by atoms with Crippen molar-refractivity contribution in [2.75, 3.05) is 27.4 Å². The fourth-order valence-corrected chi connectivity index (χ4v) is 6.08. The first-order valence-electron chi connectivity index (χ1n) is 14.8. The van der Waals surface area contributed by atoms with Crippen molar-refractivity contribution < 1.29 is 40.7 Å². The maximum absolute atomic E-state index is 13.8. The summed E-state index contributed by atoms with van der Waals surface area (Å²) in [5, 5.41) is 3.05. The van der Waals surface area contributed by atoms with E-state index in [2.05, 4.69) is 15.3 Å². The van der Waals surface area contributed by atoms with Crippen LogP contribution >= 0.6 is 11.8 Å². The monoisotopic (exact) mass is 683 g/mol. The number of hydrogen-bond donors (Lipinski definition) is 1. The zero-order chi connectivity index (χ0) is 34.9. The van der Waals surface area contributed by atoms with Crippen molar-refractivity contribution in [1.82, 2.24) is 9.97 Å². The van der Waals surface area contributed by atoms with Crippen LogP contribution in [0.2, 0.25) is 0 Å². The van der Waals surface area contributed by atoms with Crippen LogP contribution in [-0.2, 0) is 28.5 Å². The second-order valence-corrected chi connectivity index (χ2v) is 12.0. The number of fused-ring (bicyclic) bond motifs is 1. The van der Waals surface area contributed by atoms with Crippen molar-refractivity contribution in [3.05, 3.63) is 76.6 Å². The van der Waals surface area contributed by atoms with Gasteiger partial charge in [-0.3, -0.25) is 9.69 Å². The SMILES string of the molecule is CCCNc1cc(N(Cc2cc(C(F)(F)F)cc(C(F)(F)F)c2)[C@H]2C[C@@H](CC)N(C(=O)SCC)c3ccc(C)cc32)ncn1.O=C=O. The number of nitrogens with one attached hydrogen (secondary N) is 1. The quantitative estimate of drug-likeness (QED) is 0.224. The Hall–Kier alpha value is -4.10. The molecule has 1 N–H and O–H groups in total. The summed E-state index contributed by atoms with van der Waals surface area (Å²) < 4.78 is 82.8.